The molecule has 0 radical (unpaired) electrons. The van der Waals surface area contributed by atoms with Gasteiger partial charge in [0.1, 0.15) is 0 Å². The highest BCUT2D eigenvalue weighted by molar-refractivity contribution is 5.22. The van der Waals surface area contributed by atoms with Crippen LogP contribution in [0.3, 0.4) is 0 Å². The average molecular weight is 275 g/mol. The van der Waals surface area contributed by atoms with Crippen molar-refractivity contribution in [1.82, 2.24) is 4.90 Å². The van der Waals surface area contributed by atoms with Crippen LogP contribution in [-0.4, -0.2) is 29.2 Å². The maximum Gasteiger partial charge on any atom is 0.0695 e. The predicted octanol–water partition coefficient (Wildman–Crippen LogP) is 3.76. The Morgan fingerprint density at radius 2 is 2.10 bits per heavy atom. The van der Waals surface area contributed by atoms with E-state index in [4.69, 9.17) is 0 Å². The summed E-state index contributed by atoms with van der Waals surface area (Å²) in [7, 11) is 2.16. The molecule has 0 heterocycles. The number of hydrogen-bond acceptors (Lipinski definition) is 2. The second-order valence-corrected chi connectivity index (χ2v) is 6.51. The fourth-order valence-electron chi connectivity index (χ4n) is 3.58. The normalized spacial score (nSPS) is 26.9. The molecule has 0 bridgehead atoms. The third kappa shape index (κ3) is 4.07. The quantitative estimate of drug-likeness (QED) is 0.884. The lowest BCUT2D eigenvalue weighted by Gasteiger charge is -2.39. The topological polar surface area (TPSA) is 23.5 Å². The molecule has 1 aliphatic rings. The van der Waals surface area contributed by atoms with Crippen LogP contribution in [0.1, 0.15) is 50.2 Å². The summed E-state index contributed by atoms with van der Waals surface area (Å²) in [6.45, 7) is 5.33. The summed E-state index contributed by atoms with van der Waals surface area (Å²) in [5.41, 5.74) is 2.65. The van der Waals surface area contributed by atoms with Crippen LogP contribution in [0.25, 0.3) is 0 Å². The van der Waals surface area contributed by atoms with Crippen molar-refractivity contribution in [2.75, 3.05) is 7.05 Å². The van der Waals surface area contributed by atoms with Crippen LogP contribution < -0.4 is 0 Å². The van der Waals surface area contributed by atoms with E-state index in [1.54, 1.807) is 0 Å². The number of likely N-dealkylation sites (N-methyl/N-ethyl adjacent to an activating group) is 1. The second kappa shape index (κ2) is 7.24. The maximum absolute atomic E-state index is 10.3. The zero-order valence-corrected chi connectivity index (χ0v) is 13.2. The van der Waals surface area contributed by atoms with Gasteiger partial charge in [-0.2, -0.15) is 0 Å². The van der Waals surface area contributed by atoms with Gasteiger partial charge in [-0.25, -0.2) is 0 Å². The number of nitrogens with zero attached hydrogens (tertiary/aromatic N) is 1. The smallest absolute Gasteiger partial charge is 0.0695 e. The average Bonchev–Trinajstić information content (AvgIpc) is 2.41. The SMILES string of the molecule is CCCC1CCC(O)C(N(C)Cc2cccc(C)c2)C1. The number of aryl methyl sites for hydroxylation is 1. The Morgan fingerprint density at radius 3 is 2.80 bits per heavy atom. The predicted molar refractivity (Wildman–Crippen MR) is 84.7 cm³/mol. The molecule has 1 N–H and O–H groups in total. The first-order valence-corrected chi connectivity index (χ1v) is 8.04. The fraction of sp³-hybridized carbons (Fsp3) is 0.667. The van der Waals surface area contributed by atoms with Gasteiger partial charge in [0, 0.05) is 12.6 Å². The maximum atomic E-state index is 10.3. The Bertz CT molecular complexity index is 418. The second-order valence-electron chi connectivity index (χ2n) is 6.51. The molecule has 0 spiro atoms. The van der Waals surface area contributed by atoms with E-state index in [-0.39, 0.29) is 6.10 Å². The highest BCUT2D eigenvalue weighted by Crippen LogP contribution is 2.31. The minimum absolute atomic E-state index is 0.155. The lowest BCUT2D eigenvalue weighted by molar-refractivity contribution is 0.00957. The molecule has 1 aliphatic carbocycles. The van der Waals surface area contributed by atoms with Gasteiger partial charge in [-0.15, -0.1) is 0 Å². The summed E-state index contributed by atoms with van der Waals surface area (Å²) >= 11 is 0. The molecule has 0 aliphatic heterocycles. The van der Waals surface area contributed by atoms with Crippen molar-refractivity contribution in [3.63, 3.8) is 0 Å². The molecule has 0 aromatic heterocycles. The first-order valence-electron chi connectivity index (χ1n) is 8.04. The minimum atomic E-state index is -0.155. The zero-order chi connectivity index (χ0) is 14.5. The van der Waals surface area contributed by atoms with Crippen LogP contribution >= 0.6 is 0 Å². The van der Waals surface area contributed by atoms with E-state index in [0.717, 1.165) is 25.3 Å². The molecule has 1 aromatic rings. The molecule has 2 nitrogen and oxygen atoms in total. The number of hydrogen-bond donors (Lipinski definition) is 1. The van der Waals surface area contributed by atoms with E-state index in [2.05, 4.69) is 50.1 Å². The van der Waals surface area contributed by atoms with Crippen LogP contribution in [0.2, 0.25) is 0 Å². The van der Waals surface area contributed by atoms with Crippen molar-refractivity contribution in [2.45, 2.75) is 64.6 Å². The van der Waals surface area contributed by atoms with E-state index in [1.165, 1.54) is 30.4 Å². The van der Waals surface area contributed by atoms with E-state index in [9.17, 15) is 5.11 Å². The molecular formula is C18H29NO. The van der Waals surface area contributed by atoms with Crippen LogP contribution in [-0.2, 0) is 6.54 Å². The first-order chi connectivity index (χ1) is 9.60. The number of aliphatic hydroxyl groups excluding tert-OH is 1. The minimum Gasteiger partial charge on any atom is -0.391 e. The van der Waals surface area contributed by atoms with Gasteiger partial charge in [-0.1, -0.05) is 49.6 Å². The first kappa shape index (κ1) is 15.5. The summed E-state index contributed by atoms with van der Waals surface area (Å²) in [5.74, 6) is 0.799. The van der Waals surface area contributed by atoms with E-state index in [1.807, 2.05) is 0 Å². The lowest BCUT2D eigenvalue weighted by Crippen LogP contribution is -2.45. The van der Waals surface area contributed by atoms with E-state index in [0.29, 0.717) is 6.04 Å². The highest BCUT2D eigenvalue weighted by atomic mass is 16.3. The van der Waals surface area contributed by atoms with Crippen LogP contribution in [0.15, 0.2) is 24.3 Å². The van der Waals surface area contributed by atoms with Gasteiger partial charge in [-0.05, 0) is 44.7 Å². The standard InChI is InChI=1S/C18H29NO/c1-4-6-15-9-10-18(20)17(12-15)19(3)13-16-8-5-7-14(2)11-16/h5,7-8,11,15,17-18,20H,4,6,9-10,12-13H2,1-3H3. The highest BCUT2D eigenvalue weighted by Gasteiger charge is 2.31. The number of benzene rings is 1. The third-order valence-electron chi connectivity index (χ3n) is 4.67. The van der Waals surface area contributed by atoms with E-state index >= 15 is 0 Å². The molecular weight excluding hydrogens is 246 g/mol. The molecule has 112 valence electrons. The van der Waals surface area contributed by atoms with Crippen molar-refractivity contribution >= 4 is 0 Å². The van der Waals surface area contributed by atoms with Crippen molar-refractivity contribution in [2.24, 2.45) is 5.92 Å². The Labute approximate surface area is 123 Å². The van der Waals surface area contributed by atoms with Gasteiger partial charge in [0.2, 0.25) is 0 Å². The Kier molecular flexibility index (Phi) is 5.62. The molecule has 1 aromatic carbocycles. The Hall–Kier alpha value is -0.860. The van der Waals surface area contributed by atoms with Crippen molar-refractivity contribution < 1.29 is 5.11 Å². The summed E-state index contributed by atoms with van der Waals surface area (Å²) in [5, 5.41) is 10.3. The number of rotatable bonds is 5. The van der Waals surface area contributed by atoms with Crippen LogP contribution in [0.5, 0.6) is 0 Å². The zero-order valence-electron chi connectivity index (χ0n) is 13.2. The molecule has 0 saturated heterocycles. The van der Waals surface area contributed by atoms with Gasteiger partial charge in [0.25, 0.3) is 0 Å². The monoisotopic (exact) mass is 275 g/mol. The van der Waals surface area contributed by atoms with Gasteiger partial charge >= 0.3 is 0 Å². The molecule has 20 heavy (non-hydrogen) atoms. The summed E-state index contributed by atoms with van der Waals surface area (Å²) < 4.78 is 0. The Morgan fingerprint density at radius 1 is 1.30 bits per heavy atom. The lowest BCUT2D eigenvalue weighted by atomic mass is 9.81. The molecule has 3 atom stereocenters. The van der Waals surface area contributed by atoms with Gasteiger partial charge in [0.05, 0.1) is 6.10 Å². The summed E-state index contributed by atoms with van der Waals surface area (Å²) in [6, 6.07) is 9.00. The molecule has 1 fully saturated rings. The fourth-order valence-corrected chi connectivity index (χ4v) is 3.58. The summed E-state index contributed by atoms with van der Waals surface area (Å²) in [4.78, 5) is 2.35. The summed E-state index contributed by atoms with van der Waals surface area (Å²) in [6.07, 6.45) is 5.73. The largest absolute Gasteiger partial charge is 0.391 e. The van der Waals surface area contributed by atoms with Gasteiger partial charge in [0.15, 0.2) is 0 Å². The third-order valence-corrected chi connectivity index (χ3v) is 4.67. The molecule has 0 amide bonds. The molecule has 1 saturated carbocycles. The number of aliphatic hydroxyl groups is 1. The van der Waals surface area contributed by atoms with Crippen molar-refractivity contribution in [3.05, 3.63) is 35.4 Å². The molecule has 2 heteroatoms. The van der Waals surface area contributed by atoms with Crippen molar-refractivity contribution in [1.29, 1.82) is 0 Å². The van der Waals surface area contributed by atoms with Gasteiger partial charge in [-0.3, -0.25) is 4.90 Å². The molecule has 3 unspecified atom stereocenters. The van der Waals surface area contributed by atoms with Crippen LogP contribution in [0.4, 0.5) is 0 Å². The van der Waals surface area contributed by atoms with E-state index < -0.39 is 0 Å². The molecule has 2 rings (SSSR count). The van der Waals surface area contributed by atoms with Crippen LogP contribution in [0, 0.1) is 12.8 Å². The Balaban J connectivity index is 1.97. The van der Waals surface area contributed by atoms with Gasteiger partial charge < -0.3 is 5.11 Å². The van der Waals surface area contributed by atoms with Crippen molar-refractivity contribution in [3.8, 4) is 0 Å².